The van der Waals surface area contributed by atoms with Crippen LogP contribution in [0.2, 0.25) is 0 Å². The van der Waals surface area contributed by atoms with Gasteiger partial charge in [0.2, 0.25) is 5.91 Å². The molecule has 0 unspecified atom stereocenters. The van der Waals surface area contributed by atoms with Crippen LogP contribution in [0, 0.1) is 10.1 Å². The largest absolute Gasteiger partial charge is 0.494 e. The average Bonchev–Trinajstić information content (AvgIpc) is 2.61. The SMILES string of the molecule is CCOc1ccc(C(=O)NNC(=O)Cc2ccccc2[N+](=O)[O-])cc1. The van der Waals surface area contributed by atoms with Crippen LogP contribution in [0.15, 0.2) is 48.5 Å². The minimum atomic E-state index is -0.561. The Kier molecular flexibility index (Phi) is 6.05. The Morgan fingerprint density at radius 1 is 1.08 bits per heavy atom. The van der Waals surface area contributed by atoms with Gasteiger partial charge in [0, 0.05) is 17.2 Å². The summed E-state index contributed by atoms with van der Waals surface area (Å²) in [6.07, 6.45) is -0.222. The minimum absolute atomic E-state index is 0.143. The number of carbonyl (C=O) groups excluding carboxylic acids is 2. The smallest absolute Gasteiger partial charge is 0.273 e. The van der Waals surface area contributed by atoms with Crippen LogP contribution in [0.1, 0.15) is 22.8 Å². The molecule has 0 radical (unpaired) electrons. The van der Waals surface area contributed by atoms with Gasteiger partial charge in [-0.1, -0.05) is 18.2 Å². The highest BCUT2D eigenvalue weighted by molar-refractivity contribution is 5.95. The van der Waals surface area contributed by atoms with Crippen LogP contribution in [0.25, 0.3) is 0 Å². The third-order valence-electron chi connectivity index (χ3n) is 3.28. The maximum absolute atomic E-state index is 12.0. The molecule has 0 aromatic heterocycles. The van der Waals surface area contributed by atoms with Gasteiger partial charge < -0.3 is 4.74 Å². The maximum Gasteiger partial charge on any atom is 0.273 e. The van der Waals surface area contributed by atoms with Gasteiger partial charge in [-0.2, -0.15) is 0 Å². The van der Waals surface area contributed by atoms with E-state index in [9.17, 15) is 19.7 Å². The van der Waals surface area contributed by atoms with Gasteiger partial charge in [0.25, 0.3) is 11.6 Å². The molecular formula is C17H17N3O5. The van der Waals surface area contributed by atoms with Crippen molar-refractivity contribution in [1.29, 1.82) is 0 Å². The van der Waals surface area contributed by atoms with Crippen molar-refractivity contribution in [1.82, 2.24) is 10.9 Å². The number of nitro benzene ring substituents is 1. The van der Waals surface area contributed by atoms with Gasteiger partial charge in [-0.15, -0.1) is 0 Å². The zero-order chi connectivity index (χ0) is 18.2. The molecule has 0 aliphatic carbocycles. The summed E-state index contributed by atoms with van der Waals surface area (Å²) in [4.78, 5) is 34.2. The molecular weight excluding hydrogens is 326 g/mol. The first-order chi connectivity index (χ1) is 12.0. The quantitative estimate of drug-likeness (QED) is 0.615. The fourth-order valence-corrected chi connectivity index (χ4v) is 2.12. The molecule has 8 nitrogen and oxygen atoms in total. The van der Waals surface area contributed by atoms with Crippen molar-refractivity contribution < 1.29 is 19.2 Å². The Morgan fingerprint density at radius 3 is 2.40 bits per heavy atom. The third-order valence-corrected chi connectivity index (χ3v) is 3.28. The van der Waals surface area contributed by atoms with Crippen LogP contribution in [-0.2, 0) is 11.2 Å². The van der Waals surface area contributed by atoms with Crippen molar-refractivity contribution in [3.63, 3.8) is 0 Å². The highest BCUT2D eigenvalue weighted by atomic mass is 16.6. The summed E-state index contributed by atoms with van der Waals surface area (Å²) in [6.45, 7) is 2.38. The fraction of sp³-hybridized carbons (Fsp3) is 0.176. The molecule has 2 amide bonds. The van der Waals surface area contributed by atoms with Gasteiger partial charge >= 0.3 is 0 Å². The van der Waals surface area contributed by atoms with Gasteiger partial charge in [-0.3, -0.25) is 30.6 Å². The van der Waals surface area contributed by atoms with E-state index in [2.05, 4.69) is 10.9 Å². The number of carbonyl (C=O) groups is 2. The van der Waals surface area contributed by atoms with Gasteiger partial charge in [-0.05, 0) is 31.2 Å². The summed E-state index contributed by atoms with van der Waals surface area (Å²) >= 11 is 0. The molecule has 8 heteroatoms. The summed E-state index contributed by atoms with van der Waals surface area (Å²) in [5.41, 5.74) is 4.98. The zero-order valence-electron chi connectivity index (χ0n) is 13.5. The summed E-state index contributed by atoms with van der Waals surface area (Å²) < 4.78 is 5.28. The highest BCUT2D eigenvalue weighted by Crippen LogP contribution is 2.17. The molecule has 0 fully saturated rings. The molecule has 0 bridgehead atoms. The van der Waals surface area contributed by atoms with Crippen LogP contribution in [0.3, 0.4) is 0 Å². The first kappa shape index (κ1) is 17.9. The second kappa shape index (κ2) is 8.44. The molecule has 0 aliphatic heterocycles. The number of hydrogen-bond donors (Lipinski definition) is 2. The number of hydrogen-bond acceptors (Lipinski definition) is 5. The molecule has 2 N–H and O–H groups in total. The molecule has 0 saturated carbocycles. The van der Waals surface area contributed by atoms with Crippen molar-refractivity contribution in [3.05, 3.63) is 69.8 Å². The lowest BCUT2D eigenvalue weighted by atomic mass is 10.1. The van der Waals surface area contributed by atoms with Gasteiger partial charge in [0.1, 0.15) is 5.75 Å². The second-order valence-corrected chi connectivity index (χ2v) is 5.02. The van der Waals surface area contributed by atoms with Gasteiger partial charge in [0.15, 0.2) is 0 Å². The number of hydrazine groups is 1. The van der Waals surface area contributed by atoms with Crippen LogP contribution >= 0.6 is 0 Å². The molecule has 0 heterocycles. The van der Waals surface area contributed by atoms with Crippen molar-refractivity contribution >= 4 is 17.5 Å². The van der Waals surface area contributed by atoms with E-state index in [1.165, 1.54) is 18.2 Å². The monoisotopic (exact) mass is 343 g/mol. The Labute approximate surface area is 143 Å². The molecule has 25 heavy (non-hydrogen) atoms. The van der Waals surface area contributed by atoms with Crippen molar-refractivity contribution in [3.8, 4) is 5.75 Å². The standard InChI is InChI=1S/C17H17N3O5/c1-2-25-14-9-7-12(8-10-14)17(22)19-18-16(21)11-13-5-3-4-6-15(13)20(23)24/h3-10H,2,11H2,1H3,(H,18,21)(H,19,22). The Bertz CT molecular complexity index is 774. The van der Waals surface area contributed by atoms with Crippen molar-refractivity contribution in [2.45, 2.75) is 13.3 Å². The van der Waals surface area contributed by atoms with E-state index in [-0.39, 0.29) is 17.7 Å². The first-order valence-corrected chi connectivity index (χ1v) is 7.55. The summed E-state index contributed by atoms with van der Waals surface area (Å²) in [5, 5.41) is 10.9. The topological polar surface area (TPSA) is 111 Å². The Balaban J connectivity index is 1.91. The molecule has 130 valence electrons. The lowest BCUT2D eigenvalue weighted by Gasteiger charge is -2.08. The van der Waals surface area contributed by atoms with Crippen LogP contribution in [0.5, 0.6) is 5.75 Å². The number of nitrogens with one attached hydrogen (secondary N) is 2. The summed E-state index contributed by atoms with van der Waals surface area (Å²) in [6, 6.07) is 12.4. The average molecular weight is 343 g/mol. The van der Waals surface area contributed by atoms with E-state index in [0.717, 1.165) is 0 Å². The van der Waals surface area contributed by atoms with E-state index in [1.807, 2.05) is 6.92 Å². The fourth-order valence-electron chi connectivity index (χ4n) is 2.12. The maximum atomic E-state index is 12.0. The molecule has 0 saturated heterocycles. The van der Waals surface area contributed by atoms with Gasteiger partial charge in [-0.25, -0.2) is 0 Å². The van der Waals surface area contributed by atoms with Crippen LogP contribution in [0.4, 0.5) is 5.69 Å². The summed E-state index contributed by atoms with van der Waals surface area (Å²) in [7, 11) is 0. The normalized spacial score (nSPS) is 9.96. The molecule has 2 rings (SSSR count). The predicted octanol–water partition coefficient (Wildman–Crippen LogP) is 2.00. The number of rotatable bonds is 6. The number of nitrogens with zero attached hydrogens (tertiary/aromatic N) is 1. The van der Waals surface area contributed by atoms with E-state index in [1.54, 1.807) is 30.3 Å². The molecule has 2 aromatic rings. The number of nitro groups is 1. The molecule has 0 spiro atoms. The first-order valence-electron chi connectivity index (χ1n) is 7.55. The van der Waals surface area contributed by atoms with Crippen LogP contribution < -0.4 is 15.6 Å². The highest BCUT2D eigenvalue weighted by Gasteiger charge is 2.16. The minimum Gasteiger partial charge on any atom is -0.494 e. The van der Waals surface area contributed by atoms with Crippen molar-refractivity contribution in [2.75, 3.05) is 6.61 Å². The van der Waals surface area contributed by atoms with E-state index in [0.29, 0.717) is 17.9 Å². The summed E-state index contributed by atoms with van der Waals surface area (Å²) in [5.74, 6) is -0.424. The number of amides is 2. The van der Waals surface area contributed by atoms with Crippen molar-refractivity contribution in [2.24, 2.45) is 0 Å². The number of benzene rings is 2. The Hall–Kier alpha value is -3.42. The molecule has 0 atom stereocenters. The molecule has 2 aromatic carbocycles. The third kappa shape index (κ3) is 5.03. The van der Waals surface area contributed by atoms with Crippen LogP contribution in [-0.4, -0.2) is 23.3 Å². The second-order valence-electron chi connectivity index (χ2n) is 5.02. The van der Waals surface area contributed by atoms with E-state index in [4.69, 9.17) is 4.74 Å². The Morgan fingerprint density at radius 2 is 1.76 bits per heavy atom. The zero-order valence-corrected chi connectivity index (χ0v) is 13.5. The van der Waals surface area contributed by atoms with E-state index >= 15 is 0 Å². The number of ether oxygens (including phenoxy) is 1. The van der Waals surface area contributed by atoms with E-state index < -0.39 is 16.7 Å². The van der Waals surface area contributed by atoms with Gasteiger partial charge in [0.05, 0.1) is 18.0 Å². The molecule has 0 aliphatic rings. The number of para-hydroxylation sites is 1. The lowest BCUT2D eigenvalue weighted by molar-refractivity contribution is -0.385. The predicted molar refractivity (Wildman–Crippen MR) is 90.0 cm³/mol. The lowest BCUT2D eigenvalue weighted by Crippen LogP contribution is -2.42.